The molecule has 0 aliphatic carbocycles. The van der Waals surface area contributed by atoms with E-state index >= 15 is 0 Å². The van der Waals surface area contributed by atoms with Crippen LogP contribution in [0.2, 0.25) is 0 Å². The number of aromatic hydroxyl groups is 1. The fourth-order valence-electron chi connectivity index (χ4n) is 1.16. The summed E-state index contributed by atoms with van der Waals surface area (Å²) in [6.07, 6.45) is 2.50. The van der Waals surface area contributed by atoms with Crippen molar-refractivity contribution in [2.75, 3.05) is 0 Å². The molecule has 1 N–H and O–H groups in total. The molecule has 0 atom stereocenters. The van der Waals surface area contributed by atoms with E-state index in [-0.39, 0.29) is 11.5 Å². The van der Waals surface area contributed by atoms with Gasteiger partial charge in [-0.1, -0.05) is 25.5 Å². The van der Waals surface area contributed by atoms with Crippen molar-refractivity contribution in [1.82, 2.24) is 0 Å². The maximum atomic E-state index is 11.4. The Morgan fingerprint density at radius 3 is 2.85 bits per heavy atom. The molecule has 1 aromatic carbocycles. The number of rotatable bonds is 4. The van der Waals surface area contributed by atoms with Crippen LogP contribution < -0.4 is 0 Å². The average Bonchev–Trinajstić information content (AvgIpc) is 2.14. The van der Waals surface area contributed by atoms with Gasteiger partial charge in [0, 0.05) is 12.0 Å². The Hall–Kier alpha value is -1.31. The highest BCUT2D eigenvalue weighted by atomic mass is 16.3. The Labute approximate surface area is 78.2 Å². The quantitative estimate of drug-likeness (QED) is 0.720. The number of carbonyl (C=O) groups excluding carboxylic acids is 1. The van der Waals surface area contributed by atoms with Gasteiger partial charge in [0.25, 0.3) is 0 Å². The van der Waals surface area contributed by atoms with Crippen LogP contribution in [0.3, 0.4) is 0 Å². The maximum absolute atomic E-state index is 11.4. The molecule has 2 nitrogen and oxygen atoms in total. The molecule has 2 heteroatoms. The van der Waals surface area contributed by atoms with Crippen molar-refractivity contribution >= 4 is 5.78 Å². The molecule has 0 aliphatic heterocycles. The van der Waals surface area contributed by atoms with E-state index in [1.807, 2.05) is 0 Å². The third-order valence-corrected chi connectivity index (χ3v) is 1.93. The first-order valence-electron chi connectivity index (χ1n) is 4.56. The second-order valence-electron chi connectivity index (χ2n) is 3.08. The molecule has 70 valence electrons. The van der Waals surface area contributed by atoms with Crippen molar-refractivity contribution < 1.29 is 9.90 Å². The number of carbonyl (C=O) groups is 1. The Balaban J connectivity index is 2.66. The average molecular weight is 178 g/mol. The molecule has 0 saturated heterocycles. The first-order valence-corrected chi connectivity index (χ1v) is 4.56. The Kier molecular flexibility index (Phi) is 3.50. The van der Waals surface area contributed by atoms with Gasteiger partial charge in [0.2, 0.25) is 0 Å². The van der Waals surface area contributed by atoms with Crippen molar-refractivity contribution in [3.8, 4) is 5.75 Å². The van der Waals surface area contributed by atoms with Gasteiger partial charge in [-0.05, 0) is 18.6 Å². The van der Waals surface area contributed by atoms with Crippen molar-refractivity contribution in [1.29, 1.82) is 0 Å². The monoisotopic (exact) mass is 178 g/mol. The normalized spacial score (nSPS) is 9.92. The van der Waals surface area contributed by atoms with Crippen molar-refractivity contribution in [2.24, 2.45) is 0 Å². The molecular formula is C11H14O2. The number of unbranched alkanes of at least 4 members (excludes halogenated alkanes) is 1. The number of hydrogen-bond donors (Lipinski definition) is 1. The fraction of sp³-hybridized carbons (Fsp3) is 0.364. The predicted octanol–water partition coefficient (Wildman–Crippen LogP) is 2.77. The zero-order chi connectivity index (χ0) is 9.68. The molecule has 0 radical (unpaired) electrons. The van der Waals surface area contributed by atoms with Crippen LogP contribution in [0.15, 0.2) is 24.3 Å². The van der Waals surface area contributed by atoms with Crippen molar-refractivity contribution in [2.45, 2.75) is 26.2 Å². The van der Waals surface area contributed by atoms with Crippen molar-refractivity contribution in [3.05, 3.63) is 29.8 Å². The zero-order valence-electron chi connectivity index (χ0n) is 7.79. The molecule has 0 heterocycles. The lowest BCUT2D eigenvalue weighted by Gasteiger charge is -1.99. The fourth-order valence-corrected chi connectivity index (χ4v) is 1.16. The summed E-state index contributed by atoms with van der Waals surface area (Å²) < 4.78 is 0. The second kappa shape index (κ2) is 4.65. The summed E-state index contributed by atoms with van der Waals surface area (Å²) in [6, 6.07) is 6.50. The summed E-state index contributed by atoms with van der Waals surface area (Å²) in [5.74, 6) is 0.264. The number of hydrogen-bond acceptors (Lipinski definition) is 2. The molecule has 0 unspecified atom stereocenters. The van der Waals surface area contributed by atoms with Crippen molar-refractivity contribution in [3.63, 3.8) is 0 Å². The summed E-state index contributed by atoms with van der Waals surface area (Å²) in [4.78, 5) is 11.4. The van der Waals surface area contributed by atoms with Crippen LogP contribution in [0, 0.1) is 0 Å². The predicted molar refractivity (Wildman–Crippen MR) is 52.0 cm³/mol. The molecule has 0 aromatic heterocycles. The van der Waals surface area contributed by atoms with Crippen LogP contribution in [-0.2, 0) is 0 Å². The number of ketones is 1. The van der Waals surface area contributed by atoms with Gasteiger partial charge in [-0.15, -0.1) is 0 Å². The standard InChI is InChI=1S/C11H14O2/c1-2-3-7-11(13)9-5-4-6-10(12)8-9/h4-6,8,12H,2-3,7H2,1H3. The first-order chi connectivity index (χ1) is 6.24. The smallest absolute Gasteiger partial charge is 0.163 e. The van der Waals surface area contributed by atoms with Crippen LogP contribution in [0.25, 0.3) is 0 Å². The summed E-state index contributed by atoms with van der Waals surface area (Å²) in [5.41, 5.74) is 0.605. The number of phenolic OH excluding ortho intramolecular Hbond substituents is 1. The van der Waals surface area contributed by atoms with E-state index in [1.165, 1.54) is 6.07 Å². The number of benzene rings is 1. The third-order valence-electron chi connectivity index (χ3n) is 1.93. The largest absolute Gasteiger partial charge is 0.508 e. The molecule has 13 heavy (non-hydrogen) atoms. The number of Topliss-reactive ketones (excluding diaryl/α,β-unsaturated/α-hetero) is 1. The highest BCUT2D eigenvalue weighted by molar-refractivity contribution is 5.96. The summed E-state index contributed by atoms with van der Waals surface area (Å²) in [5, 5.41) is 9.14. The van der Waals surface area contributed by atoms with Gasteiger partial charge in [0.15, 0.2) is 5.78 Å². The second-order valence-corrected chi connectivity index (χ2v) is 3.08. The molecule has 1 rings (SSSR count). The maximum Gasteiger partial charge on any atom is 0.163 e. The van der Waals surface area contributed by atoms with E-state index in [0.29, 0.717) is 12.0 Å². The molecule has 0 saturated carbocycles. The lowest BCUT2D eigenvalue weighted by Crippen LogP contribution is -1.97. The molecule has 0 fully saturated rings. The van der Waals surface area contributed by atoms with Gasteiger partial charge in [-0.3, -0.25) is 4.79 Å². The summed E-state index contributed by atoms with van der Waals surface area (Å²) in [6.45, 7) is 2.05. The summed E-state index contributed by atoms with van der Waals surface area (Å²) in [7, 11) is 0. The van der Waals surface area contributed by atoms with Crippen LogP contribution in [0.1, 0.15) is 36.5 Å². The van der Waals surface area contributed by atoms with E-state index in [4.69, 9.17) is 5.11 Å². The SMILES string of the molecule is CCCCC(=O)c1cccc(O)c1. The van der Waals surface area contributed by atoms with E-state index < -0.39 is 0 Å². The minimum Gasteiger partial charge on any atom is -0.508 e. The zero-order valence-corrected chi connectivity index (χ0v) is 7.79. The van der Waals surface area contributed by atoms with E-state index in [9.17, 15) is 4.79 Å². The van der Waals surface area contributed by atoms with Gasteiger partial charge >= 0.3 is 0 Å². The molecular weight excluding hydrogens is 164 g/mol. The molecule has 1 aromatic rings. The van der Waals surface area contributed by atoms with Gasteiger partial charge < -0.3 is 5.11 Å². The Morgan fingerprint density at radius 2 is 2.23 bits per heavy atom. The van der Waals surface area contributed by atoms with Gasteiger partial charge in [-0.25, -0.2) is 0 Å². The van der Waals surface area contributed by atoms with Gasteiger partial charge in [0.05, 0.1) is 0 Å². The Bertz CT molecular complexity index is 292. The molecule has 0 aliphatic rings. The topological polar surface area (TPSA) is 37.3 Å². The Morgan fingerprint density at radius 1 is 1.46 bits per heavy atom. The summed E-state index contributed by atoms with van der Waals surface area (Å²) >= 11 is 0. The highest BCUT2D eigenvalue weighted by Gasteiger charge is 2.04. The first kappa shape index (κ1) is 9.78. The minimum atomic E-state index is 0.109. The molecule has 0 bridgehead atoms. The van der Waals surface area contributed by atoms with Gasteiger partial charge in [0.1, 0.15) is 5.75 Å². The molecule has 0 amide bonds. The lowest BCUT2D eigenvalue weighted by atomic mass is 10.1. The van der Waals surface area contributed by atoms with E-state index in [0.717, 1.165) is 12.8 Å². The van der Waals surface area contributed by atoms with Crippen LogP contribution in [-0.4, -0.2) is 10.9 Å². The van der Waals surface area contributed by atoms with E-state index in [2.05, 4.69) is 6.92 Å². The lowest BCUT2D eigenvalue weighted by molar-refractivity contribution is 0.0979. The molecule has 0 spiro atoms. The highest BCUT2D eigenvalue weighted by Crippen LogP contribution is 2.13. The number of phenols is 1. The van der Waals surface area contributed by atoms with E-state index in [1.54, 1.807) is 18.2 Å². The van der Waals surface area contributed by atoms with Gasteiger partial charge in [-0.2, -0.15) is 0 Å². The van der Waals surface area contributed by atoms with Crippen LogP contribution >= 0.6 is 0 Å². The minimum absolute atomic E-state index is 0.109. The third kappa shape index (κ3) is 2.90. The van der Waals surface area contributed by atoms with Crippen LogP contribution in [0.5, 0.6) is 5.75 Å². The van der Waals surface area contributed by atoms with Crippen LogP contribution in [0.4, 0.5) is 0 Å².